The lowest BCUT2D eigenvalue weighted by molar-refractivity contribution is 0.438. The van der Waals surface area contributed by atoms with Gasteiger partial charge < -0.3 is 4.74 Å². The monoisotopic (exact) mass is 266 g/mol. The van der Waals surface area contributed by atoms with Gasteiger partial charge in [-0.1, -0.05) is 0 Å². The SMILES string of the molecule is Cc1cc(Oc2ncc(CCl)c(C)n2)ccc1F. The third kappa shape index (κ3) is 2.76. The number of alkyl halides is 1. The van der Waals surface area contributed by atoms with Gasteiger partial charge in [0.25, 0.3) is 0 Å². The van der Waals surface area contributed by atoms with Crippen molar-refractivity contribution in [3.05, 3.63) is 47.0 Å². The minimum atomic E-state index is -0.267. The number of rotatable bonds is 3. The normalized spacial score (nSPS) is 10.4. The number of hydrogen-bond donors (Lipinski definition) is 0. The summed E-state index contributed by atoms with van der Waals surface area (Å²) in [5, 5.41) is 0. The maximum absolute atomic E-state index is 13.1. The van der Waals surface area contributed by atoms with Crippen LogP contribution in [0.4, 0.5) is 4.39 Å². The maximum atomic E-state index is 13.1. The summed E-state index contributed by atoms with van der Waals surface area (Å²) in [7, 11) is 0. The van der Waals surface area contributed by atoms with Crippen molar-refractivity contribution in [2.45, 2.75) is 19.7 Å². The summed E-state index contributed by atoms with van der Waals surface area (Å²) in [5.41, 5.74) is 2.15. The fraction of sp³-hybridized carbons (Fsp3) is 0.231. The van der Waals surface area contributed by atoms with Crippen molar-refractivity contribution < 1.29 is 9.13 Å². The average molecular weight is 267 g/mol. The molecule has 0 saturated heterocycles. The molecule has 2 aromatic rings. The molecule has 94 valence electrons. The largest absolute Gasteiger partial charge is 0.424 e. The standard InChI is InChI=1S/C13H12ClFN2O/c1-8-5-11(3-4-12(8)15)18-13-16-7-10(6-14)9(2)17-13/h3-5,7H,6H2,1-2H3. The quantitative estimate of drug-likeness (QED) is 0.794. The van der Waals surface area contributed by atoms with E-state index < -0.39 is 0 Å². The molecule has 0 saturated carbocycles. The Morgan fingerprint density at radius 3 is 2.72 bits per heavy atom. The van der Waals surface area contributed by atoms with Crippen molar-refractivity contribution in [3.8, 4) is 11.8 Å². The van der Waals surface area contributed by atoms with E-state index in [1.807, 2.05) is 6.92 Å². The van der Waals surface area contributed by atoms with Crippen LogP contribution >= 0.6 is 11.6 Å². The second-order valence-electron chi connectivity index (χ2n) is 3.91. The predicted octanol–water partition coefficient (Wildman–Crippen LogP) is 3.76. The molecule has 0 atom stereocenters. The first-order chi connectivity index (χ1) is 8.60. The lowest BCUT2D eigenvalue weighted by Crippen LogP contribution is -1.97. The van der Waals surface area contributed by atoms with E-state index in [9.17, 15) is 4.39 Å². The molecule has 0 aliphatic heterocycles. The summed E-state index contributed by atoms with van der Waals surface area (Å²) < 4.78 is 18.6. The summed E-state index contributed by atoms with van der Waals surface area (Å²) >= 11 is 5.72. The molecule has 2 rings (SSSR count). The Balaban J connectivity index is 2.23. The molecule has 0 unspecified atom stereocenters. The highest BCUT2D eigenvalue weighted by molar-refractivity contribution is 6.17. The van der Waals surface area contributed by atoms with Crippen LogP contribution in [0.15, 0.2) is 24.4 Å². The molecule has 0 amide bonds. The number of ether oxygens (including phenoxy) is 1. The zero-order chi connectivity index (χ0) is 13.1. The smallest absolute Gasteiger partial charge is 0.322 e. The topological polar surface area (TPSA) is 35.0 Å². The lowest BCUT2D eigenvalue weighted by Gasteiger charge is -2.07. The van der Waals surface area contributed by atoms with Crippen molar-refractivity contribution in [2.75, 3.05) is 0 Å². The molecular formula is C13H12ClFN2O. The number of aryl methyl sites for hydroxylation is 2. The molecule has 0 radical (unpaired) electrons. The van der Waals surface area contributed by atoms with Gasteiger partial charge in [0, 0.05) is 17.5 Å². The van der Waals surface area contributed by atoms with Crippen LogP contribution in [-0.4, -0.2) is 9.97 Å². The molecule has 18 heavy (non-hydrogen) atoms. The van der Waals surface area contributed by atoms with E-state index >= 15 is 0 Å². The van der Waals surface area contributed by atoms with Gasteiger partial charge in [-0.2, -0.15) is 4.98 Å². The summed E-state index contributed by atoms with van der Waals surface area (Å²) in [6, 6.07) is 4.72. The molecule has 0 spiro atoms. The third-order valence-corrected chi connectivity index (χ3v) is 2.83. The fourth-order valence-electron chi connectivity index (χ4n) is 1.44. The Morgan fingerprint density at radius 1 is 1.33 bits per heavy atom. The molecule has 0 N–H and O–H groups in total. The van der Waals surface area contributed by atoms with Crippen LogP contribution in [-0.2, 0) is 5.88 Å². The summed E-state index contributed by atoms with van der Waals surface area (Å²) in [4.78, 5) is 8.23. The van der Waals surface area contributed by atoms with Crippen molar-refractivity contribution in [1.82, 2.24) is 9.97 Å². The van der Waals surface area contributed by atoms with Gasteiger partial charge in [-0.25, -0.2) is 9.37 Å². The van der Waals surface area contributed by atoms with E-state index in [4.69, 9.17) is 16.3 Å². The van der Waals surface area contributed by atoms with Gasteiger partial charge in [0.15, 0.2) is 0 Å². The van der Waals surface area contributed by atoms with E-state index in [2.05, 4.69) is 9.97 Å². The minimum Gasteiger partial charge on any atom is -0.424 e. The van der Waals surface area contributed by atoms with E-state index in [0.717, 1.165) is 11.3 Å². The zero-order valence-electron chi connectivity index (χ0n) is 10.1. The van der Waals surface area contributed by atoms with Gasteiger partial charge in [-0.05, 0) is 37.6 Å². The van der Waals surface area contributed by atoms with E-state index in [0.29, 0.717) is 17.2 Å². The van der Waals surface area contributed by atoms with Gasteiger partial charge in [0.2, 0.25) is 0 Å². The zero-order valence-corrected chi connectivity index (χ0v) is 10.8. The molecular weight excluding hydrogens is 255 g/mol. The predicted molar refractivity (Wildman–Crippen MR) is 67.5 cm³/mol. The van der Waals surface area contributed by atoms with Crippen LogP contribution in [0.5, 0.6) is 11.8 Å². The second kappa shape index (κ2) is 5.31. The average Bonchev–Trinajstić information content (AvgIpc) is 2.34. The van der Waals surface area contributed by atoms with Crippen molar-refractivity contribution in [2.24, 2.45) is 0 Å². The second-order valence-corrected chi connectivity index (χ2v) is 4.18. The molecule has 0 bridgehead atoms. The van der Waals surface area contributed by atoms with Gasteiger partial charge in [-0.3, -0.25) is 0 Å². The molecule has 1 aromatic carbocycles. The Kier molecular flexibility index (Phi) is 3.77. The highest BCUT2D eigenvalue weighted by Gasteiger charge is 2.06. The Morgan fingerprint density at radius 2 is 2.11 bits per heavy atom. The van der Waals surface area contributed by atoms with Crippen molar-refractivity contribution in [1.29, 1.82) is 0 Å². The Hall–Kier alpha value is -1.68. The molecule has 3 nitrogen and oxygen atoms in total. The highest BCUT2D eigenvalue weighted by atomic mass is 35.5. The van der Waals surface area contributed by atoms with Gasteiger partial charge in [0.05, 0.1) is 5.88 Å². The lowest BCUT2D eigenvalue weighted by atomic mass is 10.2. The number of aromatic nitrogens is 2. The number of halogens is 2. The van der Waals surface area contributed by atoms with Crippen LogP contribution in [0.1, 0.15) is 16.8 Å². The van der Waals surface area contributed by atoms with Gasteiger partial charge in [-0.15, -0.1) is 11.6 Å². The molecule has 5 heteroatoms. The van der Waals surface area contributed by atoms with E-state index in [-0.39, 0.29) is 11.8 Å². The number of nitrogens with zero attached hydrogens (tertiary/aromatic N) is 2. The highest BCUT2D eigenvalue weighted by Crippen LogP contribution is 2.21. The van der Waals surface area contributed by atoms with Crippen LogP contribution in [0, 0.1) is 19.7 Å². The molecule has 1 heterocycles. The first-order valence-electron chi connectivity index (χ1n) is 5.42. The number of benzene rings is 1. The van der Waals surface area contributed by atoms with Crippen LogP contribution < -0.4 is 4.74 Å². The third-order valence-electron chi connectivity index (χ3n) is 2.54. The van der Waals surface area contributed by atoms with Crippen LogP contribution in [0.3, 0.4) is 0 Å². The summed E-state index contributed by atoms with van der Waals surface area (Å²) in [6.07, 6.45) is 1.63. The van der Waals surface area contributed by atoms with Crippen molar-refractivity contribution in [3.63, 3.8) is 0 Å². The summed E-state index contributed by atoms with van der Waals surface area (Å²) in [5.74, 6) is 0.603. The number of hydrogen-bond acceptors (Lipinski definition) is 3. The first-order valence-corrected chi connectivity index (χ1v) is 5.96. The first kappa shape index (κ1) is 12.8. The molecule has 0 fully saturated rings. The van der Waals surface area contributed by atoms with Crippen LogP contribution in [0.2, 0.25) is 0 Å². The minimum absolute atomic E-state index is 0.229. The molecule has 0 aliphatic carbocycles. The van der Waals surface area contributed by atoms with Gasteiger partial charge in [0.1, 0.15) is 11.6 Å². The Bertz CT molecular complexity index is 575. The van der Waals surface area contributed by atoms with E-state index in [1.165, 1.54) is 12.1 Å². The van der Waals surface area contributed by atoms with Gasteiger partial charge >= 0.3 is 6.01 Å². The molecule has 1 aromatic heterocycles. The van der Waals surface area contributed by atoms with Crippen molar-refractivity contribution >= 4 is 11.6 Å². The summed E-state index contributed by atoms with van der Waals surface area (Å²) in [6.45, 7) is 3.51. The van der Waals surface area contributed by atoms with Crippen LogP contribution in [0.25, 0.3) is 0 Å². The Labute approximate surface area is 110 Å². The van der Waals surface area contributed by atoms with E-state index in [1.54, 1.807) is 19.2 Å². The fourth-order valence-corrected chi connectivity index (χ4v) is 1.70. The maximum Gasteiger partial charge on any atom is 0.322 e. The molecule has 0 aliphatic rings.